The Morgan fingerprint density at radius 3 is 2.72 bits per heavy atom. The van der Waals surface area contributed by atoms with Crippen LogP contribution in [0.1, 0.15) is 34.0 Å². The van der Waals surface area contributed by atoms with Gasteiger partial charge in [0.2, 0.25) is 12.7 Å². The van der Waals surface area contributed by atoms with E-state index in [9.17, 15) is 9.59 Å². The van der Waals surface area contributed by atoms with Crippen LogP contribution in [0.2, 0.25) is 5.02 Å². The fraction of sp³-hybridized carbons (Fsp3) is 0.190. The lowest BCUT2D eigenvalue weighted by Crippen LogP contribution is -2.28. The zero-order valence-electron chi connectivity index (χ0n) is 15.4. The molecule has 3 heterocycles. The molecule has 5 rings (SSSR count). The lowest BCUT2D eigenvalue weighted by molar-refractivity contribution is -0.116. The number of hydrogen-bond donors (Lipinski definition) is 1. The number of nitrogens with one attached hydrogen (secondary N) is 1. The third-order valence-electron chi connectivity index (χ3n) is 5.15. The minimum atomic E-state index is -0.625. The molecule has 1 atom stereocenters. The molecule has 1 N–H and O–H groups in total. The fourth-order valence-electron chi connectivity index (χ4n) is 3.79. The highest BCUT2D eigenvalue weighted by molar-refractivity contribution is 6.30. The van der Waals surface area contributed by atoms with Crippen LogP contribution < -0.4 is 14.8 Å². The monoisotopic (exact) mass is 409 g/mol. The van der Waals surface area contributed by atoms with E-state index in [1.54, 1.807) is 35.0 Å². The molecule has 1 aromatic heterocycles. The number of ether oxygens (including phenoxy) is 2. The molecule has 0 saturated heterocycles. The van der Waals surface area contributed by atoms with E-state index in [1.165, 1.54) is 0 Å². The van der Waals surface area contributed by atoms with Crippen LogP contribution in [0.4, 0.5) is 5.82 Å². The first kappa shape index (κ1) is 17.8. The standard InChI is InChI=1S/C21H16ClN3O4/c1-11-19-15(20(27)12-2-7-16-17(8-12)29-10-28-16)9-18(26)23-21(19)25(24-11)14-5-3-13(22)4-6-14/h2-8,15H,9-10H2,1H3,(H,23,26)/t15-/m1/s1. The Balaban J connectivity index is 1.58. The van der Waals surface area contributed by atoms with Gasteiger partial charge in [-0.2, -0.15) is 5.10 Å². The number of carbonyl (C=O) groups excluding carboxylic acids is 2. The van der Waals surface area contributed by atoms with Crippen LogP contribution in [-0.4, -0.2) is 28.3 Å². The van der Waals surface area contributed by atoms with Gasteiger partial charge in [-0.05, 0) is 49.4 Å². The van der Waals surface area contributed by atoms with Crippen molar-refractivity contribution >= 4 is 29.1 Å². The van der Waals surface area contributed by atoms with Gasteiger partial charge in [-0.3, -0.25) is 9.59 Å². The van der Waals surface area contributed by atoms with Gasteiger partial charge in [0.25, 0.3) is 0 Å². The zero-order chi connectivity index (χ0) is 20.1. The average molecular weight is 410 g/mol. The van der Waals surface area contributed by atoms with Crippen LogP contribution in [-0.2, 0) is 4.79 Å². The molecule has 0 saturated carbocycles. The number of rotatable bonds is 3. The summed E-state index contributed by atoms with van der Waals surface area (Å²) >= 11 is 5.98. The van der Waals surface area contributed by atoms with E-state index >= 15 is 0 Å². The molecular formula is C21H16ClN3O4. The fourth-order valence-corrected chi connectivity index (χ4v) is 3.92. The molecule has 2 aliphatic rings. The quantitative estimate of drug-likeness (QED) is 0.664. The summed E-state index contributed by atoms with van der Waals surface area (Å²) in [6, 6.07) is 12.2. The van der Waals surface area contributed by atoms with Crippen molar-refractivity contribution in [3.05, 3.63) is 64.3 Å². The topological polar surface area (TPSA) is 82.5 Å². The van der Waals surface area contributed by atoms with Crippen molar-refractivity contribution in [1.29, 1.82) is 0 Å². The van der Waals surface area contributed by atoms with Crippen LogP contribution in [0.15, 0.2) is 42.5 Å². The highest BCUT2D eigenvalue weighted by atomic mass is 35.5. The first-order valence-electron chi connectivity index (χ1n) is 9.10. The summed E-state index contributed by atoms with van der Waals surface area (Å²) in [4.78, 5) is 25.8. The number of carbonyl (C=O) groups is 2. The number of amides is 1. The molecule has 0 radical (unpaired) electrons. The van der Waals surface area contributed by atoms with E-state index in [-0.39, 0.29) is 24.9 Å². The van der Waals surface area contributed by atoms with Crippen molar-refractivity contribution in [2.75, 3.05) is 12.1 Å². The van der Waals surface area contributed by atoms with Crippen molar-refractivity contribution in [2.45, 2.75) is 19.3 Å². The number of hydrogen-bond acceptors (Lipinski definition) is 5. The SMILES string of the molecule is Cc1nn(-c2ccc(Cl)cc2)c2c1[C@H](C(=O)c1ccc3c(c1)OCO3)CC(=O)N2. The van der Waals surface area contributed by atoms with Crippen molar-refractivity contribution in [3.8, 4) is 17.2 Å². The lowest BCUT2D eigenvalue weighted by Gasteiger charge is -2.23. The number of halogens is 1. The molecule has 0 fully saturated rings. The van der Waals surface area contributed by atoms with Crippen LogP contribution in [0, 0.1) is 6.92 Å². The largest absolute Gasteiger partial charge is 0.454 e. The summed E-state index contributed by atoms with van der Waals surface area (Å²) in [7, 11) is 0. The molecule has 29 heavy (non-hydrogen) atoms. The third kappa shape index (κ3) is 2.94. The second-order valence-electron chi connectivity index (χ2n) is 6.97. The molecule has 2 aromatic carbocycles. The van der Waals surface area contributed by atoms with Crippen LogP contribution >= 0.6 is 11.6 Å². The van der Waals surface area contributed by atoms with Gasteiger partial charge >= 0.3 is 0 Å². The number of aromatic nitrogens is 2. The number of ketones is 1. The van der Waals surface area contributed by atoms with Gasteiger partial charge in [-0.15, -0.1) is 0 Å². The summed E-state index contributed by atoms with van der Waals surface area (Å²) in [6.45, 7) is 1.97. The Kier molecular flexibility index (Phi) is 4.06. The highest BCUT2D eigenvalue weighted by Gasteiger charge is 2.36. The van der Waals surface area contributed by atoms with E-state index in [2.05, 4.69) is 10.4 Å². The molecule has 3 aromatic rings. The molecule has 0 aliphatic carbocycles. The van der Waals surface area contributed by atoms with Crippen molar-refractivity contribution in [2.24, 2.45) is 0 Å². The van der Waals surface area contributed by atoms with Gasteiger partial charge < -0.3 is 14.8 Å². The first-order valence-corrected chi connectivity index (χ1v) is 9.48. The lowest BCUT2D eigenvalue weighted by atomic mass is 9.85. The highest BCUT2D eigenvalue weighted by Crippen LogP contribution is 2.40. The van der Waals surface area contributed by atoms with Gasteiger partial charge in [-0.1, -0.05) is 11.6 Å². The minimum absolute atomic E-state index is 0.0629. The number of fused-ring (bicyclic) bond motifs is 2. The second kappa shape index (κ2) is 6.63. The van der Waals surface area contributed by atoms with Gasteiger partial charge in [0.1, 0.15) is 5.82 Å². The van der Waals surface area contributed by atoms with Crippen molar-refractivity contribution in [1.82, 2.24) is 9.78 Å². The van der Waals surface area contributed by atoms with Gasteiger partial charge in [0.15, 0.2) is 17.3 Å². The molecular weight excluding hydrogens is 394 g/mol. The Hall–Kier alpha value is -3.32. The maximum Gasteiger partial charge on any atom is 0.231 e. The molecule has 0 bridgehead atoms. The summed E-state index contributed by atoms with van der Waals surface area (Å²) in [6.07, 6.45) is 0.0629. The Morgan fingerprint density at radius 2 is 1.93 bits per heavy atom. The zero-order valence-corrected chi connectivity index (χ0v) is 16.2. The second-order valence-corrected chi connectivity index (χ2v) is 7.41. The Morgan fingerprint density at radius 1 is 1.17 bits per heavy atom. The third-order valence-corrected chi connectivity index (χ3v) is 5.40. The van der Waals surface area contributed by atoms with Gasteiger partial charge in [0.05, 0.1) is 17.3 Å². The van der Waals surface area contributed by atoms with E-state index in [0.717, 1.165) is 11.3 Å². The van der Waals surface area contributed by atoms with Crippen molar-refractivity contribution in [3.63, 3.8) is 0 Å². The molecule has 1 amide bonds. The summed E-state index contributed by atoms with van der Waals surface area (Å²) in [5.41, 5.74) is 2.63. The number of benzene rings is 2. The van der Waals surface area contributed by atoms with E-state index in [0.29, 0.717) is 33.6 Å². The van der Waals surface area contributed by atoms with Crippen LogP contribution in [0.5, 0.6) is 11.5 Å². The predicted octanol–water partition coefficient (Wildman–Crippen LogP) is 3.87. The van der Waals surface area contributed by atoms with Crippen LogP contribution in [0.3, 0.4) is 0 Å². The number of Topliss-reactive ketones (excluding diaryl/α,β-unsaturated/α-hetero) is 1. The van der Waals surface area contributed by atoms with Gasteiger partial charge in [-0.25, -0.2) is 4.68 Å². The number of aryl methyl sites for hydroxylation is 1. The first-order chi connectivity index (χ1) is 14.0. The molecule has 0 spiro atoms. The van der Waals surface area contributed by atoms with Gasteiger partial charge in [0, 0.05) is 22.6 Å². The molecule has 7 nitrogen and oxygen atoms in total. The van der Waals surface area contributed by atoms with E-state index in [4.69, 9.17) is 21.1 Å². The average Bonchev–Trinajstić information content (AvgIpc) is 3.31. The predicted molar refractivity (Wildman–Crippen MR) is 106 cm³/mol. The Labute approximate surface area is 171 Å². The minimum Gasteiger partial charge on any atom is -0.454 e. The smallest absolute Gasteiger partial charge is 0.231 e. The summed E-state index contributed by atoms with van der Waals surface area (Å²) in [5.74, 6) is 0.644. The maximum atomic E-state index is 13.3. The van der Waals surface area contributed by atoms with E-state index < -0.39 is 5.92 Å². The molecule has 2 aliphatic heterocycles. The van der Waals surface area contributed by atoms with Crippen LogP contribution in [0.25, 0.3) is 5.69 Å². The van der Waals surface area contributed by atoms with E-state index in [1.807, 2.05) is 19.1 Å². The normalized spacial score (nSPS) is 17.0. The summed E-state index contributed by atoms with van der Waals surface area (Å²) in [5, 5.41) is 8.05. The number of nitrogens with zero attached hydrogens (tertiary/aromatic N) is 2. The molecule has 0 unspecified atom stereocenters. The van der Waals surface area contributed by atoms with Crippen molar-refractivity contribution < 1.29 is 19.1 Å². The molecule has 146 valence electrons. The summed E-state index contributed by atoms with van der Waals surface area (Å²) < 4.78 is 12.3. The maximum absolute atomic E-state index is 13.3. The molecule has 8 heteroatoms. The number of anilines is 1. The Bertz CT molecular complexity index is 1150.